The lowest BCUT2D eigenvalue weighted by Gasteiger charge is -2.12. The van der Waals surface area contributed by atoms with E-state index in [9.17, 15) is 15.2 Å². The van der Waals surface area contributed by atoms with Crippen molar-refractivity contribution >= 4 is 21.6 Å². The standard InChI is InChI=1S/C14H12BrNO4/c1-9-3-2-4-12(16(18)19)14(9)20-13-6-5-11(15)7-10(13)8-17/h2-7,17H,8H2,1H3. The number of nitro groups is 1. The molecule has 0 aliphatic carbocycles. The maximum absolute atomic E-state index is 11.0. The molecule has 0 unspecified atom stereocenters. The average Bonchev–Trinajstić information content (AvgIpc) is 2.42. The second-order valence-corrected chi connectivity index (χ2v) is 5.11. The lowest BCUT2D eigenvalue weighted by Crippen LogP contribution is -1.98. The summed E-state index contributed by atoms with van der Waals surface area (Å²) in [5.74, 6) is 0.586. The van der Waals surface area contributed by atoms with Crippen molar-refractivity contribution < 1.29 is 14.8 Å². The van der Waals surface area contributed by atoms with Crippen molar-refractivity contribution in [3.63, 3.8) is 0 Å². The fraction of sp³-hybridized carbons (Fsp3) is 0.143. The number of rotatable bonds is 4. The molecule has 104 valence electrons. The van der Waals surface area contributed by atoms with Crippen LogP contribution in [0.2, 0.25) is 0 Å². The van der Waals surface area contributed by atoms with Gasteiger partial charge in [0.05, 0.1) is 11.5 Å². The normalized spacial score (nSPS) is 10.3. The summed E-state index contributed by atoms with van der Waals surface area (Å²) < 4.78 is 6.46. The third-order valence-corrected chi connectivity index (χ3v) is 3.29. The van der Waals surface area contributed by atoms with E-state index < -0.39 is 4.92 Å². The van der Waals surface area contributed by atoms with Crippen molar-refractivity contribution in [2.75, 3.05) is 0 Å². The summed E-state index contributed by atoms with van der Waals surface area (Å²) in [6.07, 6.45) is 0. The van der Waals surface area contributed by atoms with Gasteiger partial charge in [-0.2, -0.15) is 0 Å². The van der Waals surface area contributed by atoms with E-state index in [1.165, 1.54) is 6.07 Å². The molecule has 0 bridgehead atoms. The largest absolute Gasteiger partial charge is 0.449 e. The average molecular weight is 338 g/mol. The number of ether oxygens (including phenoxy) is 1. The van der Waals surface area contributed by atoms with Crippen molar-refractivity contribution in [1.82, 2.24) is 0 Å². The molecule has 0 amide bonds. The number of benzene rings is 2. The molecule has 0 heterocycles. The van der Waals surface area contributed by atoms with Gasteiger partial charge < -0.3 is 9.84 Å². The molecule has 0 radical (unpaired) electrons. The Labute approximate surface area is 124 Å². The van der Waals surface area contributed by atoms with E-state index in [-0.39, 0.29) is 18.0 Å². The molecule has 0 aromatic heterocycles. The molecule has 1 N–H and O–H groups in total. The van der Waals surface area contributed by atoms with Gasteiger partial charge in [-0.1, -0.05) is 28.1 Å². The summed E-state index contributed by atoms with van der Waals surface area (Å²) in [6.45, 7) is 1.52. The molecule has 6 heteroatoms. The Morgan fingerprint density at radius 3 is 2.75 bits per heavy atom. The minimum absolute atomic E-state index is 0.100. The Morgan fingerprint density at radius 2 is 2.10 bits per heavy atom. The number of para-hydroxylation sites is 1. The highest BCUT2D eigenvalue weighted by molar-refractivity contribution is 9.10. The highest BCUT2D eigenvalue weighted by Crippen LogP contribution is 2.36. The Hall–Kier alpha value is -1.92. The van der Waals surface area contributed by atoms with Gasteiger partial charge in [0.25, 0.3) is 0 Å². The quantitative estimate of drug-likeness (QED) is 0.677. The zero-order chi connectivity index (χ0) is 14.7. The minimum atomic E-state index is -0.486. The number of hydrogen-bond donors (Lipinski definition) is 1. The van der Waals surface area contributed by atoms with Crippen molar-refractivity contribution in [2.45, 2.75) is 13.5 Å². The van der Waals surface area contributed by atoms with Gasteiger partial charge in [-0.25, -0.2) is 0 Å². The monoisotopic (exact) mass is 337 g/mol. The van der Waals surface area contributed by atoms with Gasteiger partial charge in [0, 0.05) is 16.1 Å². The van der Waals surface area contributed by atoms with Crippen molar-refractivity contribution in [1.29, 1.82) is 0 Å². The van der Waals surface area contributed by atoms with Crippen LogP contribution in [0.25, 0.3) is 0 Å². The second kappa shape index (κ2) is 6.02. The number of nitro benzene ring substituents is 1. The van der Waals surface area contributed by atoms with Gasteiger partial charge in [0.2, 0.25) is 5.75 Å². The van der Waals surface area contributed by atoms with E-state index in [4.69, 9.17) is 4.74 Å². The molecule has 0 saturated heterocycles. The van der Waals surface area contributed by atoms with Gasteiger partial charge in [-0.05, 0) is 30.7 Å². The summed E-state index contributed by atoms with van der Waals surface area (Å²) in [5, 5.41) is 20.4. The molecule has 2 rings (SSSR count). The first kappa shape index (κ1) is 14.5. The second-order valence-electron chi connectivity index (χ2n) is 4.19. The Balaban J connectivity index is 2.47. The number of aliphatic hydroxyl groups excluding tert-OH is 1. The number of halogens is 1. The van der Waals surface area contributed by atoms with Crippen LogP contribution in [0, 0.1) is 17.0 Å². The topological polar surface area (TPSA) is 72.6 Å². The van der Waals surface area contributed by atoms with Crippen molar-refractivity contribution in [2.24, 2.45) is 0 Å². The van der Waals surface area contributed by atoms with Crippen LogP contribution in [0.1, 0.15) is 11.1 Å². The summed E-state index contributed by atoms with van der Waals surface area (Å²) in [6, 6.07) is 9.85. The van der Waals surface area contributed by atoms with E-state index >= 15 is 0 Å². The molecule has 0 fully saturated rings. The molecule has 0 aliphatic heterocycles. The van der Waals surface area contributed by atoms with Gasteiger partial charge in [0.15, 0.2) is 0 Å². The smallest absolute Gasteiger partial charge is 0.311 e. The van der Waals surface area contributed by atoms with Gasteiger partial charge in [0.1, 0.15) is 5.75 Å². The van der Waals surface area contributed by atoms with Crippen LogP contribution in [0.15, 0.2) is 40.9 Å². The third-order valence-electron chi connectivity index (χ3n) is 2.79. The van der Waals surface area contributed by atoms with E-state index in [2.05, 4.69) is 15.9 Å². The Morgan fingerprint density at radius 1 is 1.35 bits per heavy atom. The maximum atomic E-state index is 11.0. The molecule has 0 spiro atoms. The van der Waals surface area contributed by atoms with E-state index in [1.807, 2.05) is 0 Å². The first-order valence-corrected chi connectivity index (χ1v) is 6.63. The lowest BCUT2D eigenvalue weighted by molar-refractivity contribution is -0.385. The molecule has 0 aliphatic rings. The molecular weight excluding hydrogens is 326 g/mol. The number of aryl methyl sites for hydroxylation is 1. The van der Waals surface area contributed by atoms with E-state index in [1.54, 1.807) is 37.3 Å². The molecule has 2 aromatic rings. The first-order valence-electron chi connectivity index (χ1n) is 5.84. The van der Waals surface area contributed by atoms with Gasteiger partial charge >= 0.3 is 5.69 Å². The molecule has 20 heavy (non-hydrogen) atoms. The van der Waals surface area contributed by atoms with Gasteiger partial charge in [-0.15, -0.1) is 0 Å². The predicted octanol–water partition coefficient (Wildman–Crippen LogP) is 3.95. The zero-order valence-electron chi connectivity index (χ0n) is 10.7. The van der Waals surface area contributed by atoms with Gasteiger partial charge in [-0.3, -0.25) is 10.1 Å². The van der Waals surface area contributed by atoms with Crippen LogP contribution >= 0.6 is 15.9 Å². The summed E-state index contributed by atoms with van der Waals surface area (Å²) in [5.41, 5.74) is 1.11. The van der Waals surface area contributed by atoms with Crippen molar-refractivity contribution in [3.05, 3.63) is 62.1 Å². The predicted molar refractivity (Wildman–Crippen MR) is 78.0 cm³/mol. The highest BCUT2D eigenvalue weighted by Gasteiger charge is 2.18. The van der Waals surface area contributed by atoms with Crippen LogP contribution < -0.4 is 4.74 Å². The molecular formula is C14H12BrNO4. The minimum Gasteiger partial charge on any atom is -0.449 e. The molecule has 2 aromatic carbocycles. The lowest BCUT2D eigenvalue weighted by atomic mass is 10.2. The summed E-state index contributed by atoms with van der Waals surface area (Å²) >= 11 is 3.30. The van der Waals surface area contributed by atoms with Crippen LogP contribution in [0.3, 0.4) is 0 Å². The van der Waals surface area contributed by atoms with Crippen molar-refractivity contribution in [3.8, 4) is 11.5 Å². The number of hydrogen-bond acceptors (Lipinski definition) is 4. The first-order chi connectivity index (χ1) is 9.52. The fourth-order valence-electron chi connectivity index (χ4n) is 1.79. The maximum Gasteiger partial charge on any atom is 0.311 e. The number of aliphatic hydroxyl groups is 1. The number of nitrogens with zero attached hydrogens (tertiary/aromatic N) is 1. The molecule has 0 atom stereocenters. The molecule has 0 saturated carbocycles. The molecule has 5 nitrogen and oxygen atoms in total. The Bertz CT molecular complexity index is 658. The van der Waals surface area contributed by atoms with Crippen LogP contribution in [-0.2, 0) is 6.61 Å². The fourth-order valence-corrected chi connectivity index (χ4v) is 2.20. The highest BCUT2D eigenvalue weighted by atomic mass is 79.9. The summed E-state index contributed by atoms with van der Waals surface area (Å²) in [7, 11) is 0. The van der Waals surface area contributed by atoms with E-state index in [0.717, 1.165) is 4.47 Å². The SMILES string of the molecule is Cc1cccc([N+](=O)[O-])c1Oc1ccc(Br)cc1CO. The van der Waals surface area contributed by atoms with E-state index in [0.29, 0.717) is 16.9 Å². The van der Waals surface area contributed by atoms with Crippen LogP contribution in [-0.4, -0.2) is 10.0 Å². The zero-order valence-corrected chi connectivity index (χ0v) is 12.3. The Kier molecular flexibility index (Phi) is 4.36. The van der Waals surface area contributed by atoms with Crippen LogP contribution in [0.4, 0.5) is 5.69 Å². The summed E-state index contributed by atoms with van der Waals surface area (Å²) in [4.78, 5) is 10.6. The van der Waals surface area contributed by atoms with Crippen LogP contribution in [0.5, 0.6) is 11.5 Å². The third kappa shape index (κ3) is 2.97.